The fourth-order valence-electron chi connectivity index (χ4n) is 1.73. The molecule has 0 atom stereocenters. The highest BCUT2D eigenvalue weighted by atomic mass is 16.5. The number of benzene rings is 1. The van der Waals surface area contributed by atoms with Crippen molar-refractivity contribution in [2.24, 2.45) is 0 Å². The van der Waals surface area contributed by atoms with Crippen molar-refractivity contribution in [3.63, 3.8) is 0 Å². The predicted octanol–water partition coefficient (Wildman–Crippen LogP) is 1.83. The third-order valence-corrected chi connectivity index (χ3v) is 2.58. The number of fused-ring (bicyclic) bond motifs is 1. The zero-order valence-electron chi connectivity index (χ0n) is 10.9. The molecule has 6 heteroatoms. The second kappa shape index (κ2) is 6.01. The number of nitrogens with one attached hydrogen (secondary N) is 1. The number of esters is 1. The molecule has 0 bridgehead atoms. The van der Waals surface area contributed by atoms with E-state index in [9.17, 15) is 14.7 Å². The normalized spacial score (nSPS) is 10.2. The zero-order valence-corrected chi connectivity index (χ0v) is 10.9. The Kier molecular flexibility index (Phi) is 4.14. The van der Waals surface area contributed by atoms with Crippen molar-refractivity contribution < 1.29 is 19.4 Å². The van der Waals surface area contributed by atoms with Gasteiger partial charge in [0.15, 0.2) is 0 Å². The van der Waals surface area contributed by atoms with Gasteiger partial charge in [0.05, 0.1) is 6.61 Å². The van der Waals surface area contributed by atoms with Gasteiger partial charge >= 0.3 is 5.97 Å². The molecule has 20 heavy (non-hydrogen) atoms. The number of nitrogens with zero attached hydrogens (tertiary/aromatic N) is 1. The van der Waals surface area contributed by atoms with Crippen LogP contribution < -0.4 is 5.32 Å². The van der Waals surface area contributed by atoms with Crippen LogP contribution >= 0.6 is 0 Å². The summed E-state index contributed by atoms with van der Waals surface area (Å²) in [6, 6.07) is 8.34. The third-order valence-electron chi connectivity index (χ3n) is 2.58. The number of carbonyl (C=O) groups excluding carboxylic acids is 2. The van der Waals surface area contributed by atoms with E-state index in [-0.39, 0.29) is 24.6 Å². The summed E-state index contributed by atoms with van der Waals surface area (Å²) >= 11 is 0. The van der Waals surface area contributed by atoms with E-state index in [1.54, 1.807) is 31.2 Å². The number of phenols is 1. The number of amides is 1. The second-order valence-electron chi connectivity index (χ2n) is 4.08. The zero-order chi connectivity index (χ0) is 14.5. The fraction of sp³-hybridized carbons (Fsp3) is 0.214. The number of phenolic OH excluding ortho intramolecular Hbond substituents is 1. The Labute approximate surface area is 115 Å². The number of anilines is 1. The number of rotatable bonds is 4. The maximum absolute atomic E-state index is 11.6. The van der Waals surface area contributed by atoms with Crippen molar-refractivity contribution >= 4 is 28.6 Å². The average Bonchev–Trinajstić information content (AvgIpc) is 2.39. The first-order chi connectivity index (χ1) is 9.60. The number of carbonyl (C=O) groups is 2. The van der Waals surface area contributed by atoms with E-state index in [1.807, 2.05) is 0 Å². The lowest BCUT2D eigenvalue weighted by Crippen LogP contribution is -2.18. The number of ether oxygens (including phenoxy) is 1. The Hall–Kier alpha value is -2.63. The number of aromatic nitrogens is 1. The van der Waals surface area contributed by atoms with Crippen LogP contribution in [0.4, 0.5) is 5.82 Å². The molecule has 2 N–H and O–H groups in total. The summed E-state index contributed by atoms with van der Waals surface area (Å²) in [6.45, 7) is 1.90. The quantitative estimate of drug-likeness (QED) is 0.656. The van der Waals surface area contributed by atoms with Crippen LogP contribution in [-0.4, -0.2) is 28.6 Å². The first-order valence-corrected chi connectivity index (χ1v) is 6.14. The standard InChI is InChI=1S/C14H14N2O4/c1-2-20-13(19)8-12(18)15-11-7-6-9-4-3-5-10(17)14(9)16-11/h3-7,17H,2,8H2,1H3,(H,15,16,18). The molecule has 0 aliphatic heterocycles. The average molecular weight is 274 g/mol. The summed E-state index contributed by atoms with van der Waals surface area (Å²) in [5, 5.41) is 12.9. The first kappa shape index (κ1) is 13.8. The minimum atomic E-state index is -0.589. The van der Waals surface area contributed by atoms with Gasteiger partial charge in [0, 0.05) is 5.39 Å². The summed E-state index contributed by atoms with van der Waals surface area (Å²) in [5.74, 6) is -0.795. The van der Waals surface area contributed by atoms with E-state index in [1.165, 1.54) is 6.07 Å². The molecule has 1 amide bonds. The monoisotopic (exact) mass is 274 g/mol. The molecule has 0 aliphatic rings. The molecule has 2 rings (SSSR count). The highest BCUT2D eigenvalue weighted by Gasteiger charge is 2.11. The Morgan fingerprint density at radius 2 is 2.10 bits per heavy atom. The molecule has 0 saturated heterocycles. The van der Waals surface area contributed by atoms with E-state index < -0.39 is 11.9 Å². The van der Waals surface area contributed by atoms with Crippen LogP contribution in [-0.2, 0) is 14.3 Å². The molecule has 0 fully saturated rings. The Morgan fingerprint density at radius 3 is 2.85 bits per heavy atom. The maximum atomic E-state index is 11.6. The van der Waals surface area contributed by atoms with E-state index in [0.717, 1.165) is 5.39 Å². The molecule has 1 aromatic heterocycles. The van der Waals surface area contributed by atoms with Crippen LogP contribution in [0.15, 0.2) is 30.3 Å². The summed E-state index contributed by atoms with van der Waals surface area (Å²) < 4.78 is 4.68. The number of hydrogen-bond acceptors (Lipinski definition) is 5. The van der Waals surface area contributed by atoms with Gasteiger partial charge in [0.2, 0.25) is 5.91 Å². The molecule has 1 heterocycles. The van der Waals surface area contributed by atoms with Gasteiger partial charge in [-0.15, -0.1) is 0 Å². The summed E-state index contributed by atoms with van der Waals surface area (Å²) in [6.07, 6.45) is -0.367. The summed E-state index contributed by atoms with van der Waals surface area (Å²) in [7, 11) is 0. The predicted molar refractivity (Wildman–Crippen MR) is 73.3 cm³/mol. The molecule has 6 nitrogen and oxygen atoms in total. The molecule has 0 spiro atoms. The van der Waals surface area contributed by atoms with Gasteiger partial charge in [-0.05, 0) is 25.1 Å². The van der Waals surface area contributed by atoms with Gasteiger partial charge in [-0.2, -0.15) is 0 Å². The SMILES string of the molecule is CCOC(=O)CC(=O)Nc1ccc2cccc(O)c2n1. The Bertz CT molecular complexity index is 655. The van der Waals surface area contributed by atoms with Crippen molar-refractivity contribution in [2.45, 2.75) is 13.3 Å². The van der Waals surface area contributed by atoms with Crippen molar-refractivity contribution in [2.75, 3.05) is 11.9 Å². The second-order valence-corrected chi connectivity index (χ2v) is 4.08. The van der Waals surface area contributed by atoms with Gasteiger partial charge in [-0.25, -0.2) is 4.98 Å². The van der Waals surface area contributed by atoms with Crippen LogP contribution in [0.2, 0.25) is 0 Å². The highest BCUT2D eigenvalue weighted by molar-refractivity contribution is 6.02. The van der Waals surface area contributed by atoms with Crippen molar-refractivity contribution in [3.05, 3.63) is 30.3 Å². The van der Waals surface area contributed by atoms with Crippen LogP contribution in [0.1, 0.15) is 13.3 Å². The number of hydrogen-bond donors (Lipinski definition) is 2. The van der Waals surface area contributed by atoms with Gasteiger partial charge in [-0.3, -0.25) is 9.59 Å². The molecule has 0 aliphatic carbocycles. The lowest BCUT2D eigenvalue weighted by Gasteiger charge is -2.06. The lowest BCUT2D eigenvalue weighted by atomic mass is 10.2. The smallest absolute Gasteiger partial charge is 0.315 e. The van der Waals surface area contributed by atoms with Crippen molar-refractivity contribution in [3.8, 4) is 5.75 Å². The largest absolute Gasteiger partial charge is 0.506 e. The minimum absolute atomic E-state index is 0.0315. The van der Waals surface area contributed by atoms with E-state index in [4.69, 9.17) is 0 Å². The van der Waals surface area contributed by atoms with Crippen molar-refractivity contribution in [1.82, 2.24) is 4.98 Å². The third kappa shape index (κ3) is 3.23. The topological polar surface area (TPSA) is 88.5 Å². The van der Waals surface area contributed by atoms with Gasteiger partial charge in [0.1, 0.15) is 23.5 Å². The van der Waals surface area contributed by atoms with Crippen molar-refractivity contribution in [1.29, 1.82) is 0 Å². The molecule has 0 unspecified atom stereocenters. The van der Waals surface area contributed by atoms with Crippen LogP contribution in [0, 0.1) is 0 Å². The van der Waals surface area contributed by atoms with Crippen LogP contribution in [0.3, 0.4) is 0 Å². The Morgan fingerprint density at radius 1 is 1.30 bits per heavy atom. The minimum Gasteiger partial charge on any atom is -0.506 e. The number of pyridine rings is 1. The van der Waals surface area contributed by atoms with Crippen LogP contribution in [0.25, 0.3) is 10.9 Å². The molecular formula is C14H14N2O4. The number of para-hydroxylation sites is 1. The van der Waals surface area contributed by atoms with E-state index in [0.29, 0.717) is 5.52 Å². The van der Waals surface area contributed by atoms with E-state index in [2.05, 4.69) is 15.0 Å². The highest BCUT2D eigenvalue weighted by Crippen LogP contribution is 2.23. The lowest BCUT2D eigenvalue weighted by molar-refractivity contribution is -0.145. The molecule has 104 valence electrons. The Balaban J connectivity index is 2.12. The first-order valence-electron chi connectivity index (χ1n) is 6.14. The molecular weight excluding hydrogens is 260 g/mol. The van der Waals surface area contributed by atoms with Crippen LogP contribution in [0.5, 0.6) is 5.75 Å². The molecule has 0 saturated carbocycles. The number of aromatic hydroxyl groups is 1. The molecule has 2 aromatic rings. The molecule has 1 aromatic carbocycles. The summed E-state index contributed by atoms with van der Waals surface area (Å²) in [5.41, 5.74) is 0.390. The maximum Gasteiger partial charge on any atom is 0.315 e. The van der Waals surface area contributed by atoms with Gasteiger partial charge in [0.25, 0.3) is 0 Å². The van der Waals surface area contributed by atoms with E-state index >= 15 is 0 Å². The fourth-order valence-corrected chi connectivity index (χ4v) is 1.73. The molecule has 0 radical (unpaired) electrons. The summed E-state index contributed by atoms with van der Waals surface area (Å²) in [4.78, 5) is 26.9. The van der Waals surface area contributed by atoms with Gasteiger partial charge < -0.3 is 15.2 Å². The van der Waals surface area contributed by atoms with Gasteiger partial charge in [-0.1, -0.05) is 12.1 Å².